The number of piperidine rings is 1. The molecule has 1 aromatic carbocycles. The standard InChI is InChI=1S/C22H23ClN4O4/c23-17-5-7-24-9-20(17)31-16-3-1-14(2-4-16)15-10-27(11-15)22(29)26-8-6-19-18(12-26)25-21(28)13-30-19/h1-5,7,9,15,18-19H,6,8,10-13H2,(H,25,28)/t18-,19+/m1/s1. The fraction of sp³-hybridized carbons (Fsp3) is 0.409. The Kier molecular flexibility index (Phi) is 5.41. The Morgan fingerprint density at radius 1 is 1.16 bits per heavy atom. The molecule has 5 rings (SSSR count). The number of nitrogens with zero attached hydrogens (tertiary/aromatic N) is 3. The summed E-state index contributed by atoms with van der Waals surface area (Å²) in [6.07, 6.45) is 3.95. The van der Waals surface area contributed by atoms with E-state index < -0.39 is 0 Å². The lowest BCUT2D eigenvalue weighted by atomic mass is 9.91. The molecule has 1 aromatic heterocycles. The highest BCUT2D eigenvalue weighted by atomic mass is 35.5. The van der Waals surface area contributed by atoms with Gasteiger partial charge in [0.1, 0.15) is 12.4 Å². The first kappa shape index (κ1) is 20.1. The van der Waals surface area contributed by atoms with Crippen molar-refractivity contribution in [2.45, 2.75) is 24.5 Å². The molecule has 162 valence electrons. The maximum Gasteiger partial charge on any atom is 0.320 e. The van der Waals surface area contributed by atoms with E-state index in [-0.39, 0.29) is 30.7 Å². The summed E-state index contributed by atoms with van der Waals surface area (Å²) in [4.78, 5) is 32.1. The largest absolute Gasteiger partial charge is 0.454 e. The summed E-state index contributed by atoms with van der Waals surface area (Å²) < 4.78 is 11.3. The van der Waals surface area contributed by atoms with Gasteiger partial charge in [-0.25, -0.2) is 4.79 Å². The van der Waals surface area contributed by atoms with E-state index in [4.69, 9.17) is 21.1 Å². The summed E-state index contributed by atoms with van der Waals surface area (Å²) in [5, 5.41) is 3.45. The van der Waals surface area contributed by atoms with E-state index in [1.54, 1.807) is 18.5 Å². The highest BCUT2D eigenvalue weighted by Crippen LogP contribution is 2.32. The first-order valence-corrected chi connectivity index (χ1v) is 10.8. The van der Waals surface area contributed by atoms with Gasteiger partial charge in [-0.05, 0) is 30.2 Å². The number of amides is 3. The third kappa shape index (κ3) is 4.18. The molecule has 0 aliphatic carbocycles. The number of ether oxygens (including phenoxy) is 2. The average Bonchev–Trinajstić information content (AvgIpc) is 2.75. The van der Waals surface area contributed by atoms with Gasteiger partial charge in [-0.2, -0.15) is 0 Å². The van der Waals surface area contributed by atoms with Crippen LogP contribution in [-0.4, -0.2) is 71.7 Å². The zero-order valence-corrected chi connectivity index (χ0v) is 17.6. The van der Waals surface area contributed by atoms with Crippen molar-refractivity contribution in [3.05, 3.63) is 53.3 Å². The van der Waals surface area contributed by atoms with Crippen LogP contribution in [0.2, 0.25) is 5.02 Å². The number of carbonyl (C=O) groups is 2. The Morgan fingerprint density at radius 2 is 1.97 bits per heavy atom. The summed E-state index contributed by atoms with van der Waals surface area (Å²) in [6.45, 7) is 2.63. The lowest BCUT2D eigenvalue weighted by molar-refractivity contribution is -0.139. The molecule has 4 heterocycles. The predicted octanol–water partition coefficient (Wildman–Crippen LogP) is 2.64. The molecule has 0 saturated carbocycles. The number of hydrogen-bond acceptors (Lipinski definition) is 5. The second-order valence-corrected chi connectivity index (χ2v) is 8.53. The number of hydrogen-bond donors (Lipinski definition) is 1. The predicted molar refractivity (Wildman–Crippen MR) is 113 cm³/mol. The minimum absolute atomic E-state index is 0.00757. The van der Waals surface area contributed by atoms with Crippen LogP contribution in [0.3, 0.4) is 0 Å². The number of pyridine rings is 1. The van der Waals surface area contributed by atoms with Gasteiger partial charge in [0.25, 0.3) is 0 Å². The zero-order valence-electron chi connectivity index (χ0n) is 16.9. The third-order valence-corrected chi connectivity index (χ3v) is 6.37. The van der Waals surface area contributed by atoms with Gasteiger partial charge in [-0.1, -0.05) is 23.7 Å². The number of urea groups is 1. The molecule has 3 saturated heterocycles. The molecule has 31 heavy (non-hydrogen) atoms. The fourth-order valence-electron chi connectivity index (χ4n) is 4.29. The minimum atomic E-state index is -0.114. The summed E-state index contributed by atoms with van der Waals surface area (Å²) >= 11 is 6.11. The first-order chi connectivity index (χ1) is 15.1. The molecule has 0 radical (unpaired) electrons. The Labute approximate surface area is 185 Å². The second kappa shape index (κ2) is 8.36. The van der Waals surface area contributed by atoms with Crippen LogP contribution in [0.1, 0.15) is 17.9 Å². The molecule has 8 nitrogen and oxygen atoms in total. The minimum Gasteiger partial charge on any atom is -0.454 e. The molecular weight excluding hydrogens is 420 g/mol. The number of halogens is 1. The van der Waals surface area contributed by atoms with E-state index >= 15 is 0 Å². The first-order valence-electron chi connectivity index (χ1n) is 10.4. The SMILES string of the molecule is O=C1CO[C@H]2CCN(C(=O)N3CC(c4ccc(Oc5cnccc5Cl)cc4)C3)C[C@H]2N1. The van der Waals surface area contributed by atoms with Crippen LogP contribution >= 0.6 is 11.6 Å². The lowest BCUT2D eigenvalue weighted by Gasteiger charge is -2.46. The number of benzene rings is 1. The Hall–Kier alpha value is -2.84. The summed E-state index contributed by atoms with van der Waals surface area (Å²) in [5.41, 5.74) is 1.17. The maximum atomic E-state index is 12.9. The Morgan fingerprint density at radius 3 is 2.74 bits per heavy atom. The molecule has 0 spiro atoms. The maximum absolute atomic E-state index is 12.9. The molecular formula is C22H23ClN4O4. The highest BCUT2D eigenvalue weighted by Gasteiger charge is 2.40. The van der Waals surface area contributed by atoms with Gasteiger partial charge in [-0.15, -0.1) is 0 Å². The molecule has 2 atom stereocenters. The monoisotopic (exact) mass is 442 g/mol. The van der Waals surface area contributed by atoms with Crippen molar-refractivity contribution in [3.63, 3.8) is 0 Å². The summed E-state index contributed by atoms with van der Waals surface area (Å²) in [6, 6.07) is 9.44. The zero-order chi connectivity index (χ0) is 21.4. The molecule has 2 aromatic rings. The molecule has 3 amide bonds. The number of rotatable bonds is 3. The fourth-order valence-corrected chi connectivity index (χ4v) is 4.44. The van der Waals surface area contributed by atoms with E-state index in [0.29, 0.717) is 48.6 Å². The van der Waals surface area contributed by atoms with E-state index in [0.717, 1.165) is 6.42 Å². The van der Waals surface area contributed by atoms with Crippen LogP contribution in [-0.2, 0) is 9.53 Å². The van der Waals surface area contributed by atoms with Gasteiger partial charge in [0.05, 0.1) is 23.4 Å². The lowest BCUT2D eigenvalue weighted by Crippen LogP contribution is -2.63. The number of nitrogens with one attached hydrogen (secondary N) is 1. The van der Waals surface area contributed by atoms with E-state index in [2.05, 4.69) is 10.3 Å². The van der Waals surface area contributed by atoms with Crippen LogP contribution in [0, 0.1) is 0 Å². The van der Waals surface area contributed by atoms with Crippen molar-refractivity contribution in [3.8, 4) is 11.5 Å². The molecule has 3 fully saturated rings. The third-order valence-electron chi connectivity index (χ3n) is 6.06. The molecule has 3 aliphatic heterocycles. The van der Waals surface area contributed by atoms with Crippen molar-refractivity contribution in [2.24, 2.45) is 0 Å². The highest BCUT2D eigenvalue weighted by molar-refractivity contribution is 6.32. The second-order valence-electron chi connectivity index (χ2n) is 8.12. The van der Waals surface area contributed by atoms with Crippen molar-refractivity contribution >= 4 is 23.5 Å². The van der Waals surface area contributed by atoms with Crippen molar-refractivity contribution in [2.75, 3.05) is 32.8 Å². The van der Waals surface area contributed by atoms with Crippen LogP contribution in [0.15, 0.2) is 42.7 Å². The van der Waals surface area contributed by atoms with Gasteiger partial charge in [0.15, 0.2) is 5.75 Å². The van der Waals surface area contributed by atoms with Crippen molar-refractivity contribution in [1.82, 2.24) is 20.1 Å². The molecule has 0 bridgehead atoms. The number of carbonyl (C=O) groups excluding carboxylic acids is 2. The number of aromatic nitrogens is 1. The quantitative estimate of drug-likeness (QED) is 0.790. The smallest absolute Gasteiger partial charge is 0.320 e. The Balaban J connectivity index is 1.14. The molecule has 0 unspecified atom stereocenters. The average molecular weight is 443 g/mol. The topological polar surface area (TPSA) is 84.0 Å². The van der Waals surface area contributed by atoms with Gasteiger partial charge in [0.2, 0.25) is 5.91 Å². The normalized spacial score (nSPS) is 23.6. The summed E-state index contributed by atoms with van der Waals surface area (Å²) in [5.74, 6) is 1.39. The van der Waals surface area contributed by atoms with Crippen LogP contribution in [0.4, 0.5) is 4.79 Å². The van der Waals surface area contributed by atoms with Gasteiger partial charge < -0.3 is 24.6 Å². The number of likely N-dealkylation sites (tertiary alicyclic amines) is 2. The van der Waals surface area contributed by atoms with E-state index in [1.807, 2.05) is 34.1 Å². The molecule has 1 N–H and O–H groups in total. The van der Waals surface area contributed by atoms with Gasteiger partial charge in [0, 0.05) is 38.3 Å². The number of fused-ring (bicyclic) bond motifs is 1. The van der Waals surface area contributed by atoms with E-state index in [1.165, 1.54) is 5.56 Å². The Bertz CT molecular complexity index is 980. The van der Waals surface area contributed by atoms with Crippen molar-refractivity contribution in [1.29, 1.82) is 0 Å². The van der Waals surface area contributed by atoms with Crippen LogP contribution in [0.5, 0.6) is 11.5 Å². The molecule has 3 aliphatic rings. The number of morpholine rings is 1. The van der Waals surface area contributed by atoms with Crippen LogP contribution < -0.4 is 10.1 Å². The van der Waals surface area contributed by atoms with E-state index in [9.17, 15) is 9.59 Å². The van der Waals surface area contributed by atoms with Gasteiger partial charge >= 0.3 is 6.03 Å². The molecule has 9 heteroatoms. The van der Waals surface area contributed by atoms with Gasteiger partial charge in [-0.3, -0.25) is 9.78 Å². The summed E-state index contributed by atoms with van der Waals surface area (Å²) in [7, 11) is 0. The van der Waals surface area contributed by atoms with Crippen LogP contribution in [0.25, 0.3) is 0 Å². The van der Waals surface area contributed by atoms with Crippen molar-refractivity contribution < 1.29 is 19.1 Å².